The summed E-state index contributed by atoms with van der Waals surface area (Å²) in [4.78, 5) is 6.38. The van der Waals surface area contributed by atoms with Crippen molar-refractivity contribution in [1.29, 1.82) is 0 Å². The van der Waals surface area contributed by atoms with Gasteiger partial charge in [-0.1, -0.05) is 18.2 Å². The first-order chi connectivity index (χ1) is 8.22. The van der Waals surface area contributed by atoms with Gasteiger partial charge in [-0.3, -0.25) is 0 Å². The van der Waals surface area contributed by atoms with Crippen LogP contribution >= 0.6 is 0 Å². The summed E-state index contributed by atoms with van der Waals surface area (Å²) in [5.74, 6) is 1.18. The molecular formula is C13H16N4. The summed E-state index contributed by atoms with van der Waals surface area (Å²) >= 11 is 0. The minimum Gasteiger partial charge on any atom is -0.396 e. The van der Waals surface area contributed by atoms with Gasteiger partial charge >= 0.3 is 0 Å². The van der Waals surface area contributed by atoms with Crippen molar-refractivity contribution in [3.8, 4) is 0 Å². The maximum Gasteiger partial charge on any atom is 0.149 e. The number of benzene rings is 1. The van der Waals surface area contributed by atoms with Gasteiger partial charge in [0.2, 0.25) is 0 Å². The minimum atomic E-state index is 0.372. The van der Waals surface area contributed by atoms with Crippen molar-refractivity contribution >= 4 is 23.0 Å². The second kappa shape index (κ2) is 4.74. The molecule has 4 heteroatoms. The third kappa shape index (κ3) is 2.30. The number of rotatable bonds is 3. The van der Waals surface area contributed by atoms with E-state index in [0.29, 0.717) is 11.5 Å². The summed E-state index contributed by atoms with van der Waals surface area (Å²) < 4.78 is 0. The maximum atomic E-state index is 5.73. The lowest BCUT2D eigenvalue weighted by molar-refractivity contribution is 0.993. The Kier molecular flexibility index (Phi) is 3.14. The zero-order valence-electron chi connectivity index (χ0n) is 9.80. The standard InChI is InChI=1S/C13H16N4/c1-2-17(10-6-4-3-5-7-10)12-9-8-11(14)13(15)16-12/h3-9H,2,14H2,1H3,(H2,15,16). The summed E-state index contributed by atoms with van der Waals surface area (Å²) in [6, 6.07) is 13.7. The van der Waals surface area contributed by atoms with E-state index in [1.54, 1.807) is 6.07 Å². The van der Waals surface area contributed by atoms with Gasteiger partial charge in [-0.25, -0.2) is 4.98 Å². The molecule has 0 aliphatic rings. The molecule has 0 aliphatic carbocycles. The first-order valence-corrected chi connectivity index (χ1v) is 5.57. The van der Waals surface area contributed by atoms with E-state index < -0.39 is 0 Å². The zero-order valence-corrected chi connectivity index (χ0v) is 9.80. The summed E-state index contributed by atoms with van der Waals surface area (Å²) in [7, 11) is 0. The number of hydrogen-bond acceptors (Lipinski definition) is 4. The van der Waals surface area contributed by atoms with E-state index in [1.807, 2.05) is 36.4 Å². The van der Waals surface area contributed by atoms with Crippen LogP contribution < -0.4 is 16.4 Å². The molecule has 0 saturated carbocycles. The van der Waals surface area contributed by atoms with Crippen LogP contribution in [0.4, 0.5) is 23.0 Å². The predicted molar refractivity (Wildman–Crippen MR) is 72.2 cm³/mol. The molecule has 0 radical (unpaired) electrons. The van der Waals surface area contributed by atoms with E-state index >= 15 is 0 Å². The fraction of sp³-hybridized carbons (Fsp3) is 0.154. The van der Waals surface area contributed by atoms with Gasteiger partial charge in [0.25, 0.3) is 0 Å². The molecule has 0 saturated heterocycles. The van der Waals surface area contributed by atoms with Crippen molar-refractivity contribution in [2.45, 2.75) is 6.92 Å². The summed E-state index contributed by atoms with van der Waals surface area (Å²) in [5.41, 5.74) is 13.0. The fourth-order valence-corrected chi connectivity index (χ4v) is 1.71. The van der Waals surface area contributed by atoms with Gasteiger partial charge in [-0.2, -0.15) is 0 Å². The van der Waals surface area contributed by atoms with E-state index in [9.17, 15) is 0 Å². The van der Waals surface area contributed by atoms with Gasteiger partial charge in [-0.15, -0.1) is 0 Å². The van der Waals surface area contributed by atoms with Crippen molar-refractivity contribution in [3.63, 3.8) is 0 Å². The Morgan fingerprint density at radius 2 is 1.76 bits per heavy atom. The number of pyridine rings is 1. The van der Waals surface area contributed by atoms with Gasteiger partial charge in [0.15, 0.2) is 0 Å². The SMILES string of the molecule is CCN(c1ccccc1)c1ccc(N)c(N)n1. The second-order valence-electron chi connectivity index (χ2n) is 3.72. The van der Waals surface area contributed by atoms with Crippen molar-refractivity contribution in [1.82, 2.24) is 4.98 Å². The van der Waals surface area contributed by atoms with Crippen molar-refractivity contribution < 1.29 is 0 Å². The Morgan fingerprint density at radius 1 is 1.06 bits per heavy atom. The molecule has 0 fully saturated rings. The molecule has 0 unspecified atom stereocenters. The molecule has 2 rings (SSSR count). The van der Waals surface area contributed by atoms with Crippen LogP contribution in [0.5, 0.6) is 0 Å². The first kappa shape index (κ1) is 11.3. The van der Waals surface area contributed by atoms with Crippen LogP contribution in [-0.4, -0.2) is 11.5 Å². The molecule has 0 spiro atoms. The van der Waals surface area contributed by atoms with Crippen molar-refractivity contribution in [2.24, 2.45) is 0 Å². The molecule has 0 bridgehead atoms. The topological polar surface area (TPSA) is 68.2 Å². The molecule has 2 aromatic rings. The number of nitrogen functional groups attached to an aromatic ring is 2. The van der Waals surface area contributed by atoms with Crippen molar-refractivity contribution in [2.75, 3.05) is 22.9 Å². The Labute approximate surface area is 101 Å². The van der Waals surface area contributed by atoms with Crippen molar-refractivity contribution in [3.05, 3.63) is 42.5 Å². The maximum absolute atomic E-state index is 5.73. The van der Waals surface area contributed by atoms with Crippen LogP contribution in [-0.2, 0) is 0 Å². The Bertz CT molecular complexity index is 496. The van der Waals surface area contributed by atoms with Crippen LogP contribution in [0.1, 0.15) is 6.92 Å². The zero-order chi connectivity index (χ0) is 12.3. The van der Waals surface area contributed by atoms with Crippen LogP contribution in [0, 0.1) is 0 Å². The molecule has 1 aromatic heterocycles. The molecule has 0 aliphatic heterocycles. The third-order valence-electron chi connectivity index (χ3n) is 2.60. The second-order valence-corrected chi connectivity index (χ2v) is 3.72. The number of para-hydroxylation sites is 1. The average Bonchev–Trinajstić information content (AvgIpc) is 2.36. The molecule has 4 N–H and O–H groups in total. The van der Waals surface area contributed by atoms with Crippen LogP contribution in [0.3, 0.4) is 0 Å². The number of nitrogens with zero attached hydrogens (tertiary/aromatic N) is 2. The van der Waals surface area contributed by atoms with Gasteiger partial charge < -0.3 is 16.4 Å². The molecular weight excluding hydrogens is 212 g/mol. The summed E-state index contributed by atoms with van der Waals surface area (Å²) in [6.45, 7) is 2.89. The first-order valence-electron chi connectivity index (χ1n) is 5.57. The summed E-state index contributed by atoms with van der Waals surface area (Å²) in [6.07, 6.45) is 0. The van der Waals surface area contributed by atoms with Gasteiger partial charge in [-0.05, 0) is 31.2 Å². The Balaban J connectivity index is 2.39. The highest BCUT2D eigenvalue weighted by atomic mass is 15.2. The monoisotopic (exact) mass is 228 g/mol. The molecule has 1 heterocycles. The third-order valence-corrected chi connectivity index (χ3v) is 2.60. The smallest absolute Gasteiger partial charge is 0.149 e. The lowest BCUT2D eigenvalue weighted by Crippen LogP contribution is -2.17. The highest BCUT2D eigenvalue weighted by molar-refractivity contribution is 5.66. The number of nitrogens with two attached hydrogens (primary N) is 2. The highest BCUT2D eigenvalue weighted by Crippen LogP contribution is 2.25. The van der Waals surface area contributed by atoms with Crippen LogP contribution in [0.2, 0.25) is 0 Å². The molecule has 0 amide bonds. The molecule has 1 aromatic carbocycles. The van der Waals surface area contributed by atoms with Gasteiger partial charge in [0.05, 0.1) is 5.69 Å². The number of anilines is 4. The van der Waals surface area contributed by atoms with Gasteiger partial charge in [0, 0.05) is 12.2 Å². The molecule has 17 heavy (non-hydrogen) atoms. The Morgan fingerprint density at radius 3 is 2.35 bits per heavy atom. The van der Waals surface area contributed by atoms with Gasteiger partial charge in [0.1, 0.15) is 11.6 Å². The fourth-order valence-electron chi connectivity index (χ4n) is 1.71. The number of hydrogen-bond donors (Lipinski definition) is 2. The van der Waals surface area contributed by atoms with E-state index in [0.717, 1.165) is 18.1 Å². The van der Waals surface area contributed by atoms with E-state index in [1.165, 1.54) is 0 Å². The number of aromatic nitrogens is 1. The van der Waals surface area contributed by atoms with E-state index in [4.69, 9.17) is 11.5 Å². The molecule has 88 valence electrons. The molecule has 4 nitrogen and oxygen atoms in total. The minimum absolute atomic E-state index is 0.372. The normalized spacial score (nSPS) is 10.2. The lowest BCUT2D eigenvalue weighted by Gasteiger charge is -2.22. The highest BCUT2D eigenvalue weighted by Gasteiger charge is 2.09. The van der Waals surface area contributed by atoms with Crippen LogP contribution in [0.25, 0.3) is 0 Å². The average molecular weight is 228 g/mol. The quantitative estimate of drug-likeness (QED) is 0.846. The summed E-state index contributed by atoms with van der Waals surface area (Å²) in [5, 5.41) is 0. The largest absolute Gasteiger partial charge is 0.396 e. The predicted octanol–water partition coefficient (Wildman–Crippen LogP) is 2.40. The van der Waals surface area contributed by atoms with Crippen LogP contribution in [0.15, 0.2) is 42.5 Å². The molecule has 0 atom stereocenters. The lowest BCUT2D eigenvalue weighted by atomic mass is 10.2. The van der Waals surface area contributed by atoms with E-state index in [2.05, 4.69) is 16.8 Å². The van der Waals surface area contributed by atoms with E-state index in [-0.39, 0.29) is 0 Å². The Hall–Kier alpha value is -2.23.